The largest absolute Gasteiger partial charge is 0.454 e. The third-order valence-electron chi connectivity index (χ3n) is 12.5. The Bertz CT molecular complexity index is 3590. The summed E-state index contributed by atoms with van der Waals surface area (Å²) < 4.78 is 9.50. The molecule has 0 spiro atoms. The van der Waals surface area contributed by atoms with E-state index in [1.807, 2.05) is 0 Å². The van der Waals surface area contributed by atoms with Gasteiger partial charge < -0.3 is 13.9 Å². The summed E-state index contributed by atoms with van der Waals surface area (Å²) in [6.45, 7) is 0.615. The van der Waals surface area contributed by atoms with E-state index in [-0.39, 0.29) is 0 Å². The van der Waals surface area contributed by atoms with Crippen molar-refractivity contribution in [2.75, 3.05) is 4.90 Å². The van der Waals surface area contributed by atoms with Gasteiger partial charge in [0.2, 0.25) is 0 Å². The second kappa shape index (κ2) is 14.8. The van der Waals surface area contributed by atoms with Gasteiger partial charge in [-0.15, -0.1) is 0 Å². The molecule has 0 atom stereocenters. The monoisotopic (exact) mass is 792 g/mol. The van der Waals surface area contributed by atoms with Crippen LogP contribution in [0.3, 0.4) is 0 Å². The standard InChI is InChI=1S/C59H40N2O/c1-4-17-40(18-5-1)41-31-34-46(35-32-41)60(39-44-22-11-12-25-48(44)42-19-6-2-7-20-42)55-38-45(37-52-58-49-26-13-10-21-43(49)33-36-56(58)62-59(52)55)50-28-16-30-54-57(50)51-27-14-15-29-53(51)61(54)47-23-8-3-9-24-47/h1-38H,39H2. The van der Waals surface area contributed by atoms with Crippen LogP contribution in [-0.2, 0) is 6.54 Å². The summed E-state index contributed by atoms with van der Waals surface area (Å²) >= 11 is 0. The Morgan fingerprint density at radius 1 is 0.403 bits per heavy atom. The molecule has 292 valence electrons. The molecule has 3 heteroatoms. The minimum absolute atomic E-state index is 0.615. The lowest BCUT2D eigenvalue weighted by Crippen LogP contribution is -2.17. The highest BCUT2D eigenvalue weighted by Gasteiger charge is 2.24. The van der Waals surface area contributed by atoms with Gasteiger partial charge in [0.1, 0.15) is 5.58 Å². The average Bonchev–Trinajstić information content (AvgIpc) is 3.90. The van der Waals surface area contributed by atoms with Crippen molar-refractivity contribution in [1.82, 2.24) is 4.57 Å². The van der Waals surface area contributed by atoms with Crippen molar-refractivity contribution < 1.29 is 4.42 Å². The van der Waals surface area contributed by atoms with Gasteiger partial charge in [0.05, 0.1) is 16.7 Å². The summed E-state index contributed by atoms with van der Waals surface area (Å²) in [6, 6.07) is 83.1. The number of hydrogen-bond donors (Lipinski definition) is 0. The molecule has 12 rings (SSSR count). The van der Waals surface area contributed by atoms with Gasteiger partial charge >= 0.3 is 0 Å². The molecule has 0 bridgehead atoms. The van der Waals surface area contributed by atoms with Gasteiger partial charge in [0, 0.05) is 39.5 Å². The van der Waals surface area contributed by atoms with Gasteiger partial charge in [-0.05, 0) is 104 Å². The Morgan fingerprint density at radius 2 is 1.03 bits per heavy atom. The lowest BCUT2D eigenvalue weighted by Gasteiger charge is -2.27. The van der Waals surface area contributed by atoms with Crippen LogP contribution in [0.25, 0.3) is 93.6 Å². The Labute approximate surface area is 360 Å². The predicted molar refractivity (Wildman–Crippen MR) is 261 cm³/mol. The van der Waals surface area contributed by atoms with Crippen LogP contribution in [0.2, 0.25) is 0 Å². The molecule has 0 aliphatic carbocycles. The fourth-order valence-electron chi connectivity index (χ4n) is 9.61. The molecule has 2 aromatic heterocycles. The Kier molecular flexibility index (Phi) is 8.57. The van der Waals surface area contributed by atoms with Gasteiger partial charge in [0.15, 0.2) is 5.58 Å². The first kappa shape index (κ1) is 35.8. The molecule has 0 amide bonds. The van der Waals surface area contributed by atoms with Crippen LogP contribution in [0, 0.1) is 0 Å². The zero-order valence-electron chi connectivity index (χ0n) is 33.9. The smallest absolute Gasteiger partial charge is 0.159 e. The zero-order chi connectivity index (χ0) is 41.0. The zero-order valence-corrected chi connectivity index (χ0v) is 33.9. The second-order valence-corrected chi connectivity index (χ2v) is 16.0. The van der Waals surface area contributed by atoms with Gasteiger partial charge in [-0.2, -0.15) is 0 Å². The second-order valence-electron chi connectivity index (χ2n) is 16.0. The third kappa shape index (κ3) is 5.97. The number of fused-ring (bicyclic) bond motifs is 8. The number of furan rings is 1. The number of anilines is 2. The molecule has 0 aliphatic heterocycles. The van der Waals surface area contributed by atoms with Crippen LogP contribution in [0.1, 0.15) is 5.56 Å². The maximum absolute atomic E-state index is 7.10. The Morgan fingerprint density at radius 3 is 1.84 bits per heavy atom. The van der Waals surface area contributed by atoms with Crippen LogP contribution in [0.5, 0.6) is 0 Å². The van der Waals surface area contributed by atoms with E-state index in [0.717, 1.165) is 44.6 Å². The van der Waals surface area contributed by atoms with Crippen LogP contribution in [0.15, 0.2) is 235 Å². The Balaban J connectivity index is 1.16. The van der Waals surface area contributed by atoms with E-state index in [0.29, 0.717) is 6.54 Å². The first-order chi connectivity index (χ1) is 30.8. The molecular weight excluding hydrogens is 753 g/mol. The van der Waals surface area contributed by atoms with E-state index in [1.165, 1.54) is 66.0 Å². The minimum Gasteiger partial charge on any atom is -0.454 e. The predicted octanol–water partition coefficient (Wildman–Crippen LogP) is 16.2. The number of aromatic nitrogens is 1. The average molecular weight is 793 g/mol. The molecule has 0 saturated heterocycles. The highest BCUT2D eigenvalue weighted by Crippen LogP contribution is 2.47. The highest BCUT2D eigenvalue weighted by molar-refractivity contribution is 6.23. The third-order valence-corrected chi connectivity index (χ3v) is 12.5. The van der Waals surface area contributed by atoms with Gasteiger partial charge in [-0.1, -0.05) is 176 Å². The number of benzene rings is 10. The molecule has 0 N–H and O–H groups in total. The van der Waals surface area contributed by atoms with E-state index in [2.05, 4.69) is 240 Å². The highest BCUT2D eigenvalue weighted by atomic mass is 16.3. The maximum Gasteiger partial charge on any atom is 0.159 e. The maximum atomic E-state index is 7.10. The van der Waals surface area contributed by atoms with Gasteiger partial charge in [0.25, 0.3) is 0 Å². The Hall–Kier alpha value is -8.14. The normalized spacial score (nSPS) is 11.6. The molecule has 62 heavy (non-hydrogen) atoms. The molecule has 12 aromatic rings. The summed E-state index contributed by atoms with van der Waals surface area (Å²) in [7, 11) is 0. The van der Waals surface area contributed by atoms with E-state index in [9.17, 15) is 0 Å². The molecule has 0 unspecified atom stereocenters. The van der Waals surface area contributed by atoms with E-state index >= 15 is 0 Å². The molecule has 3 nitrogen and oxygen atoms in total. The molecule has 2 heterocycles. The summed E-state index contributed by atoms with van der Waals surface area (Å²) in [6.07, 6.45) is 0. The number of nitrogens with zero attached hydrogens (tertiary/aromatic N) is 2. The van der Waals surface area contributed by atoms with Gasteiger partial charge in [-0.25, -0.2) is 0 Å². The van der Waals surface area contributed by atoms with Crippen LogP contribution < -0.4 is 4.90 Å². The number of para-hydroxylation sites is 2. The summed E-state index contributed by atoms with van der Waals surface area (Å²) in [4.78, 5) is 2.46. The van der Waals surface area contributed by atoms with Crippen molar-refractivity contribution in [2.45, 2.75) is 6.54 Å². The molecular formula is C59H40N2O. The number of rotatable bonds is 8. The molecule has 0 fully saturated rings. The summed E-state index contributed by atoms with van der Waals surface area (Å²) in [5.41, 5.74) is 15.6. The minimum atomic E-state index is 0.615. The summed E-state index contributed by atoms with van der Waals surface area (Å²) in [5, 5.41) is 7.03. The van der Waals surface area contributed by atoms with E-state index < -0.39 is 0 Å². The van der Waals surface area contributed by atoms with E-state index in [4.69, 9.17) is 4.42 Å². The summed E-state index contributed by atoms with van der Waals surface area (Å²) in [5.74, 6) is 0. The van der Waals surface area contributed by atoms with Crippen molar-refractivity contribution in [3.63, 3.8) is 0 Å². The fourth-order valence-corrected chi connectivity index (χ4v) is 9.61. The van der Waals surface area contributed by atoms with Crippen molar-refractivity contribution in [2.24, 2.45) is 0 Å². The molecule has 0 radical (unpaired) electrons. The van der Waals surface area contributed by atoms with Crippen molar-refractivity contribution in [3.05, 3.63) is 236 Å². The SMILES string of the molecule is c1ccc(-c2ccc(N(Cc3ccccc3-c3ccccc3)c3cc(-c4cccc5c4c4ccccc4n5-c4ccccc4)cc4c3oc3ccc5ccccc5c34)cc2)cc1. The van der Waals surface area contributed by atoms with Crippen LogP contribution >= 0.6 is 0 Å². The molecule has 0 aliphatic rings. The molecule has 10 aromatic carbocycles. The van der Waals surface area contributed by atoms with E-state index in [1.54, 1.807) is 0 Å². The van der Waals surface area contributed by atoms with Crippen molar-refractivity contribution in [3.8, 4) is 39.1 Å². The topological polar surface area (TPSA) is 21.3 Å². The van der Waals surface area contributed by atoms with Crippen molar-refractivity contribution in [1.29, 1.82) is 0 Å². The first-order valence-corrected chi connectivity index (χ1v) is 21.3. The van der Waals surface area contributed by atoms with Gasteiger partial charge in [-0.3, -0.25) is 0 Å². The van der Waals surface area contributed by atoms with Crippen molar-refractivity contribution >= 4 is 65.9 Å². The van der Waals surface area contributed by atoms with Crippen LogP contribution in [-0.4, -0.2) is 4.57 Å². The molecule has 0 saturated carbocycles. The number of hydrogen-bond acceptors (Lipinski definition) is 2. The fraction of sp³-hybridized carbons (Fsp3) is 0.0169. The first-order valence-electron chi connectivity index (χ1n) is 21.3. The lowest BCUT2D eigenvalue weighted by atomic mass is 9.95. The quantitative estimate of drug-likeness (QED) is 0.153. The van der Waals surface area contributed by atoms with Crippen LogP contribution in [0.4, 0.5) is 11.4 Å². The lowest BCUT2D eigenvalue weighted by molar-refractivity contribution is 0.668.